The van der Waals surface area contributed by atoms with Crippen molar-refractivity contribution in [2.24, 2.45) is 0 Å². The Morgan fingerprint density at radius 1 is 1.03 bits per heavy atom. The number of piperazine rings is 1. The van der Waals surface area contributed by atoms with Gasteiger partial charge >= 0.3 is 6.18 Å². The number of pyridine rings is 1. The van der Waals surface area contributed by atoms with Crippen LogP contribution in [0.2, 0.25) is 0 Å². The van der Waals surface area contributed by atoms with Gasteiger partial charge < -0.3 is 19.9 Å². The molecular weight excluding hydrogens is 475 g/mol. The van der Waals surface area contributed by atoms with Crippen LogP contribution in [0.25, 0.3) is 0 Å². The van der Waals surface area contributed by atoms with Crippen LogP contribution in [0.15, 0.2) is 54.6 Å². The molecule has 5 rings (SSSR count). The number of hydrogen-bond acceptors (Lipinski definition) is 6. The number of nitrogens with one attached hydrogen (secondary N) is 1. The van der Waals surface area contributed by atoms with Crippen LogP contribution in [-0.4, -0.2) is 47.9 Å². The highest BCUT2D eigenvalue weighted by Crippen LogP contribution is 2.38. The fourth-order valence-corrected chi connectivity index (χ4v) is 4.20. The number of benzene rings is 2. The number of ether oxygens (including phenoxy) is 1. The summed E-state index contributed by atoms with van der Waals surface area (Å²) in [5.74, 6) is -0.420. The van der Waals surface area contributed by atoms with Crippen LogP contribution < -0.4 is 15.0 Å². The van der Waals surface area contributed by atoms with Crippen LogP contribution in [0.5, 0.6) is 11.6 Å². The second-order valence-corrected chi connectivity index (χ2v) is 8.20. The van der Waals surface area contributed by atoms with Gasteiger partial charge in [-0.15, -0.1) is 0 Å². The molecular formula is C25H18F3N5O3. The van der Waals surface area contributed by atoms with Crippen molar-refractivity contribution in [3.8, 4) is 17.7 Å². The molecule has 182 valence electrons. The number of nitriles is 1. The predicted octanol–water partition coefficient (Wildman–Crippen LogP) is 4.29. The number of carbonyl (C=O) groups is 2. The van der Waals surface area contributed by atoms with E-state index in [0.717, 1.165) is 6.07 Å². The van der Waals surface area contributed by atoms with E-state index in [1.54, 1.807) is 30.3 Å². The summed E-state index contributed by atoms with van der Waals surface area (Å²) in [6.07, 6.45) is -4.63. The van der Waals surface area contributed by atoms with Gasteiger partial charge in [-0.05, 0) is 36.4 Å². The van der Waals surface area contributed by atoms with E-state index in [0.29, 0.717) is 24.6 Å². The van der Waals surface area contributed by atoms with E-state index in [1.807, 2.05) is 11.0 Å². The standard InChI is InChI=1S/C25H18F3N5O3/c26-25(27,28)18-6-2-1-5-16(18)24(35)33-12-10-32(11-13-33)20-9-8-17-22(34)30-19-7-3-4-15(14-29)21(19)36-23(17)31-20/h1-9H,10-13H2,(H,30,34). The molecule has 1 aromatic heterocycles. The van der Waals surface area contributed by atoms with Crippen molar-refractivity contribution >= 4 is 23.3 Å². The highest BCUT2D eigenvalue weighted by molar-refractivity contribution is 6.08. The summed E-state index contributed by atoms with van der Waals surface area (Å²) in [4.78, 5) is 33.2. The lowest BCUT2D eigenvalue weighted by atomic mass is 10.1. The monoisotopic (exact) mass is 493 g/mol. The fourth-order valence-electron chi connectivity index (χ4n) is 4.20. The van der Waals surface area contributed by atoms with Crippen LogP contribution >= 0.6 is 0 Å². The molecule has 3 heterocycles. The molecule has 2 aromatic carbocycles. The second-order valence-electron chi connectivity index (χ2n) is 8.20. The van der Waals surface area contributed by atoms with E-state index < -0.39 is 23.6 Å². The zero-order valence-corrected chi connectivity index (χ0v) is 18.7. The van der Waals surface area contributed by atoms with Crippen molar-refractivity contribution < 1.29 is 27.5 Å². The van der Waals surface area contributed by atoms with Gasteiger partial charge in [0.1, 0.15) is 17.5 Å². The highest BCUT2D eigenvalue weighted by Gasteiger charge is 2.36. The van der Waals surface area contributed by atoms with E-state index in [-0.39, 0.29) is 41.4 Å². The van der Waals surface area contributed by atoms with Crippen LogP contribution in [0.1, 0.15) is 31.8 Å². The summed E-state index contributed by atoms with van der Waals surface area (Å²) in [6, 6.07) is 14.8. The lowest BCUT2D eigenvalue weighted by molar-refractivity contribution is -0.138. The second kappa shape index (κ2) is 8.88. The lowest BCUT2D eigenvalue weighted by Gasteiger charge is -2.36. The molecule has 1 saturated heterocycles. The Labute approximate surface area is 203 Å². The number of para-hydroxylation sites is 1. The largest absolute Gasteiger partial charge is 0.434 e. The summed E-state index contributed by atoms with van der Waals surface area (Å²) in [6.45, 7) is 1.01. The first kappa shape index (κ1) is 23.2. The molecule has 36 heavy (non-hydrogen) atoms. The number of aromatic nitrogens is 1. The molecule has 0 unspecified atom stereocenters. The normalized spacial score (nSPS) is 15.1. The third kappa shape index (κ3) is 4.17. The van der Waals surface area contributed by atoms with Crippen LogP contribution in [-0.2, 0) is 6.18 Å². The van der Waals surface area contributed by atoms with Crippen molar-refractivity contribution in [3.63, 3.8) is 0 Å². The Kier molecular flexibility index (Phi) is 5.72. The summed E-state index contributed by atoms with van der Waals surface area (Å²) < 4.78 is 45.9. The number of hydrogen-bond donors (Lipinski definition) is 1. The smallest absolute Gasteiger partial charge is 0.417 e. The van der Waals surface area contributed by atoms with Crippen LogP contribution in [0.3, 0.4) is 0 Å². The van der Waals surface area contributed by atoms with E-state index >= 15 is 0 Å². The Hall–Kier alpha value is -4.59. The van der Waals surface area contributed by atoms with Gasteiger partial charge in [-0.1, -0.05) is 18.2 Å². The Balaban J connectivity index is 1.35. The minimum absolute atomic E-state index is 0.0315. The average Bonchev–Trinajstić information content (AvgIpc) is 3.03. The molecule has 3 aromatic rings. The van der Waals surface area contributed by atoms with Gasteiger partial charge in [0.05, 0.1) is 22.4 Å². The van der Waals surface area contributed by atoms with Gasteiger partial charge in [0, 0.05) is 26.2 Å². The van der Waals surface area contributed by atoms with E-state index in [4.69, 9.17) is 4.74 Å². The van der Waals surface area contributed by atoms with Crippen LogP contribution in [0.4, 0.5) is 24.7 Å². The number of alkyl halides is 3. The predicted molar refractivity (Wildman–Crippen MR) is 123 cm³/mol. The first-order valence-corrected chi connectivity index (χ1v) is 11.0. The van der Waals surface area contributed by atoms with Crippen LogP contribution in [0, 0.1) is 11.3 Å². The van der Waals surface area contributed by atoms with Gasteiger partial charge in [-0.25, -0.2) is 0 Å². The van der Waals surface area contributed by atoms with Crippen molar-refractivity contribution in [1.29, 1.82) is 5.26 Å². The van der Waals surface area contributed by atoms with Crippen molar-refractivity contribution in [1.82, 2.24) is 9.88 Å². The van der Waals surface area contributed by atoms with E-state index in [2.05, 4.69) is 10.3 Å². The molecule has 2 amide bonds. The molecule has 0 bridgehead atoms. The van der Waals surface area contributed by atoms with Gasteiger partial charge in [0.15, 0.2) is 5.75 Å². The van der Waals surface area contributed by atoms with Crippen molar-refractivity contribution in [3.05, 3.63) is 76.9 Å². The molecule has 1 N–H and O–H groups in total. The molecule has 2 aliphatic rings. The van der Waals surface area contributed by atoms with Gasteiger partial charge in [0.2, 0.25) is 5.88 Å². The first-order valence-electron chi connectivity index (χ1n) is 11.0. The Morgan fingerprint density at radius 3 is 2.50 bits per heavy atom. The molecule has 0 spiro atoms. The fraction of sp³-hybridized carbons (Fsp3) is 0.200. The number of nitrogens with zero attached hydrogens (tertiary/aromatic N) is 4. The topological polar surface area (TPSA) is 98.6 Å². The summed E-state index contributed by atoms with van der Waals surface area (Å²) >= 11 is 0. The molecule has 0 aliphatic carbocycles. The third-order valence-corrected chi connectivity index (χ3v) is 6.03. The Morgan fingerprint density at radius 2 is 1.78 bits per heavy atom. The summed E-state index contributed by atoms with van der Waals surface area (Å²) in [7, 11) is 0. The maximum Gasteiger partial charge on any atom is 0.417 e. The zero-order valence-electron chi connectivity index (χ0n) is 18.7. The number of carbonyl (C=O) groups excluding carboxylic acids is 2. The van der Waals surface area contributed by atoms with Crippen molar-refractivity contribution in [2.45, 2.75) is 6.18 Å². The van der Waals surface area contributed by atoms with Gasteiger partial charge in [-0.2, -0.15) is 23.4 Å². The van der Waals surface area contributed by atoms with E-state index in [1.165, 1.54) is 23.1 Å². The molecule has 1 fully saturated rings. The highest BCUT2D eigenvalue weighted by atomic mass is 19.4. The first-order chi connectivity index (χ1) is 17.3. The van der Waals surface area contributed by atoms with Gasteiger partial charge in [0.25, 0.3) is 11.8 Å². The summed E-state index contributed by atoms with van der Waals surface area (Å²) in [5, 5.41) is 12.1. The van der Waals surface area contributed by atoms with E-state index in [9.17, 15) is 28.0 Å². The number of halogens is 3. The van der Waals surface area contributed by atoms with Crippen molar-refractivity contribution in [2.75, 3.05) is 36.4 Å². The number of amides is 2. The SMILES string of the molecule is N#Cc1cccc2c1Oc1nc(N3CCN(C(=O)c4ccccc4C(F)(F)F)CC3)ccc1C(=O)N2. The molecule has 2 aliphatic heterocycles. The molecule has 0 radical (unpaired) electrons. The number of anilines is 2. The van der Waals surface area contributed by atoms with Gasteiger partial charge in [-0.3, -0.25) is 9.59 Å². The third-order valence-electron chi connectivity index (χ3n) is 6.03. The number of rotatable bonds is 2. The minimum Gasteiger partial charge on any atom is -0.434 e. The molecule has 0 saturated carbocycles. The quantitative estimate of drug-likeness (QED) is 0.572. The maximum absolute atomic E-state index is 13.3. The Bertz CT molecular complexity index is 1410. The average molecular weight is 493 g/mol. The summed E-state index contributed by atoms with van der Waals surface area (Å²) in [5.41, 5.74) is -0.564. The molecule has 8 nitrogen and oxygen atoms in total. The molecule has 0 atom stereocenters. The lowest BCUT2D eigenvalue weighted by Crippen LogP contribution is -2.49. The zero-order chi connectivity index (χ0) is 25.4. The minimum atomic E-state index is -4.63. The maximum atomic E-state index is 13.3. The molecule has 11 heteroatoms. The number of fused-ring (bicyclic) bond motifs is 2.